The van der Waals surface area contributed by atoms with Gasteiger partial charge in [-0.05, 0) is 79.9 Å². The molecule has 0 spiro atoms. The summed E-state index contributed by atoms with van der Waals surface area (Å²) in [5.41, 5.74) is 7.14. The fourth-order valence-electron chi connectivity index (χ4n) is 6.07. The van der Waals surface area contributed by atoms with Crippen LogP contribution in [-0.2, 0) is 11.3 Å². The zero-order valence-electron chi connectivity index (χ0n) is 24.7. The van der Waals surface area contributed by atoms with Gasteiger partial charge in [0, 0.05) is 35.6 Å². The van der Waals surface area contributed by atoms with E-state index in [1.807, 2.05) is 66.8 Å². The summed E-state index contributed by atoms with van der Waals surface area (Å²) in [6, 6.07) is 23.7. The van der Waals surface area contributed by atoms with Crippen LogP contribution in [-0.4, -0.2) is 36.3 Å². The summed E-state index contributed by atoms with van der Waals surface area (Å²) >= 11 is 0. The molecule has 4 N–H and O–H groups in total. The SMILES string of the molecule is CC[C@@H](NC(=O)c1ccc2c(c1)/C(=C(/Nc1cccc(CN3CCCCC3)c1)C1=CC=CCN1)C(=O)N2)c1ccccc1. The number of anilines is 2. The molecule has 0 bridgehead atoms. The van der Waals surface area contributed by atoms with Crippen molar-refractivity contribution < 1.29 is 9.59 Å². The number of benzene rings is 3. The molecule has 43 heavy (non-hydrogen) atoms. The van der Waals surface area contributed by atoms with Crippen molar-refractivity contribution in [2.24, 2.45) is 0 Å². The maximum Gasteiger partial charge on any atom is 0.258 e. The van der Waals surface area contributed by atoms with Crippen LogP contribution in [0.1, 0.15) is 65.7 Å². The van der Waals surface area contributed by atoms with Gasteiger partial charge in [-0.1, -0.05) is 68.0 Å². The topological polar surface area (TPSA) is 85.5 Å². The monoisotopic (exact) mass is 573 g/mol. The van der Waals surface area contributed by atoms with Gasteiger partial charge in [0.2, 0.25) is 0 Å². The summed E-state index contributed by atoms with van der Waals surface area (Å²) in [6.45, 7) is 5.90. The Balaban J connectivity index is 1.33. The number of carbonyl (C=O) groups is 2. The van der Waals surface area contributed by atoms with Gasteiger partial charge in [0.15, 0.2) is 0 Å². The summed E-state index contributed by atoms with van der Waals surface area (Å²) in [4.78, 5) is 29.5. The van der Waals surface area contributed by atoms with E-state index in [-0.39, 0.29) is 17.9 Å². The number of amides is 2. The third kappa shape index (κ3) is 6.57. The van der Waals surface area contributed by atoms with Crippen LogP contribution in [0.4, 0.5) is 11.4 Å². The second-order valence-corrected chi connectivity index (χ2v) is 11.4. The van der Waals surface area contributed by atoms with Crippen molar-refractivity contribution in [3.8, 4) is 0 Å². The molecular weight excluding hydrogens is 534 g/mol. The first-order valence-electron chi connectivity index (χ1n) is 15.3. The molecule has 0 aliphatic carbocycles. The summed E-state index contributed by atoms with van der Waals surface area (Å²) in [5, 5.41) is 13.2. The van der Waals surface area contributed by atoms with Gasteiger partial charge in [-0.2, -0.15) is 0 Å². The predicted molar refractivity (Wildman–Crippen MR) is 173 cm³/mol. The normalized spacial score (nSPS) is 18.2. The fraction of sp³-hybridized carbons (Fsp3) is 0.278. The summed E-state index contributed by atoms with van der Waals surface area (Å²) in [6.07, 6.45) is 10.6. The van der Waals surface area contributed by atoms with Gasteiger partial charge in [0.1, 0.15) is 0 Å². The van der Waals surface area contributed by atoms with E-state index in [9.17, 15) is 9.59 Å². The van der Waals surface area contributed by atoms with E-state index < -0.39 is 0 Å². The lowest BCUT2D eigenvalue weighted by atomic mass is 9.99. The number of nitrogens with zero attached hydrogens (tertiary/aromatic N) is 1. The Morgan fingerprint density at radius 3 is 2.58 bits per heavy atom. The van der Waals surface area contributed by atoms with Crippen LogP contribution in [0, 0.1) is 0 Å². The Labute approximate surface area is 253 Å². The largest absolute Gasteiger partial charge is 0.380 e. The highest BCUT2D eigenvalue weighted by molar-refractivity contribution is 6.33. The average Bonchev–Trinajstić information content (AvgIpc) is 3.38. The molecule has 1 atom stereocenters. The van der Waals surface area contributed by atoms with Crippen LogP contribution in [0.25, 0.3) is 5.57 Å². The summed E-state index contributed by atoms with van der Waals surface area (Å²) < 4.78 is 0. The molecule has 0 unspecified atom stereocenters. The van der Waals surface area contributed by atoms with Gasteiger partial charge in [-0.3, -0.25) is 14.5 Å². The van der Waals surface area contributed by atoms with Gasteiger partial charge >= 0.3 is 0 Å². The highest BCUT2D eigenvalue weighted by Crippen LogP contribution is 2.37. The van der Waals surface area contributed by atoms with Crippen molar-refractivity contribution in [1.82, 2.24) is 15.5 Å². The van der Waals surface area contributed by atoms with Crippen molar-refractivity contribution in [3.05, 3.63) is 125 Å². The van der Waals surface area contributed by atoms with Gasteiger partial charge in [0.05, 0.1) is 23.0 Å². The second kappa shape index (κ2) is 13.1. The van der Waals surface area contributed by atoms with Crippen LogP contribution < -0.4 is 21.3 Å². The molecular formula is C36H39N5O2. The molecule has 7 nitrogen and oxygen atoms in total. The van der Waals surface area contributed by atoms with E-state index in [4.69, 9.17) is 0 Å². The van der Waals surface area contributed by atoms with Crippen molar-refractivity contribution in [1.29, 1.82) is 0 Å². The molecule has 3 aliphatic rings. The van der Waals surface area contributed by atoms with Gasteiger partial charge in [0.25, 0.3) is 11.8 Å². The van der Waals surface area contributed by atoms with Crippen molar-refractivity contribution in [2.75, 3.05) is 30.3 Å². The van der Waals surface area contributed by atoms with E-state index in [0.717, 1.165) is 43.0 Å². The number of carbonyl (C=O) groups excluding carboxylic acids is 2. The molecule has 3 aliphatic heterocycles. The minimum Gasteiger partial charge on any atom is -0.380 e. The number of allylic oxidation sites excluding steroid dienone is 2. The molecule has 2 amide bonds. The van der Waals surface area contributed by atoms with Crippen molar-refractivity contribution >= 4 is 28.8 Å². The minimum absolute atomic E-state index is 0.102. The highest BCUT2D eigenvalue weighted by atomic mass is 16.2. The van der Waals surface area contributed by atoms with E-state index in [2.05, 4.69) is 51.3 Å². The molecule has 0 radical (unpaired) electrons. The maximum absolute atomic E-state index is 13.5. The molecule has 3 aromatic carbocycles. The second-order valence-electron chi connectivity index (χ2n) is 11.4. The zero-order valence-corrected chi connectivity index (χ0v) is 24.7. The van der Waals surface area contributed by atoms with Gasteiger partial charge in [-0.15, -0.1) is 0 Å². The third-order valence-corrected chi connectivity index (χ3v) is 8.32. The number of nitrogens with one attached hydrogen (secondary N) is 4. The lowest BCUT2D eigenvalue weighted by Gasteiger charge is -2.26. The standard InChI is InChI=1S/C36H39N5O2/c1-2-30(26-13-5-3-6-14-26)39-35(42)27-17-18-31-29(23-27)33(36(43)40-31)34(32-16-7-8-19-37-32)38-28-15-11-12-25(22-28)24-41-20-9-4-10-21-41/h3,5-8,11-18,22-23,30,37-38H,2,4,9-10,19-21,24H2,1H3,(H,39,42)(H,40,43)/b34-33-/t30-/m1/s1. The van der Waals surface area contributed by atoms with E-state index >= 15 is 0 Å². The van der Waals surface area contributed by atoms with E-state index in [0.29, 0.717) is 34.6 Å². The Morgan fingerprint density at radius 1 is 0.977 bits per heavy atom. The zero-order chi connectivity index (χ0) is 29.6. The average molecular weight is 574 g/mol. The first-order chi connectivity index (χ1) is 21.1. The van der Waals surface area contributed by atoms with Crippen LogP contribution >= 0.6 is 0 Å². The van der Waals surface area contributed by atoms with E-state index in [1.54, 1.807) is 6.07 Å². The van der Waals surface area contributed by atoms with Crippen LogP contribution in [0.5, 0.6) is 0 Å². The molecule has 220 valence electrons. The van der Waals surface area contributed by atoms with Crippen molar-refractivity contribution in [3.63, 3.8) is 0 Å². The first-order valence-corrected chi connectivity index (χ1v) is 15.3. The smallest absolute Gasteiger partial charge is 0.258 e. The molecule has 3 aromatic rings. The Hall–Kier alpha value is -4.62. The fourth-order valence-corrected chi connectivity index (χ4v) is 6.07. The molecule has 3 heterocycles. The van der Waals surface area contributed by atoms with E-state index in [1.165, 1.54) is 24.8 Å². The molecule has 0 aromatic heterocycles. The number of hydrogen-bond donors (Lipinski definition) is 4. The molecule has 1 fully saturated rings. The van der Waals surface area contributed by atoms with Crippen LogP contribution in [0.15, 0.2) is 102 Å². The summed E-state index contributed by atoms with van der Waals surface area (Å²) in [7, 11) is 0. The molecule has 1 saturated heterocycles. The number of dihydropyridines is 1. The lowest BCUT2D eigenvalue weighted by Crippen LogP contribution is -2.29. The molecule has 0 saturated carbocycles. The number of rotatable bonds is 9. The van der Waals surface area contributed by atoms with Crippen LogP contribution in [0.2, 0.25) is 0 Å². The third-order valence-electron chi connectivity index (χ3n) is 8.32. The molecule has 6 rings (SSSR count). The first kappa shape index (κ1) is 28.5. The lowest BCUT2D eigenvalue weighted by molar-refractivity contribution is -0.110. The molecule has 7 heteroatoms. The summed E-state index contributed by atoms with van der Waals surface area (Å²) in [5.74, 6) is -0.373. The Kier molecular flexibility index (Phi) is 8.70. The number of piperidine rings is 1. The highest BCUT2D eigenvalue weighted by Gasteiger charge is 2.30. The van der Waals surface area contributed by atoms with Crippen LogP contribution in [0.3, 0.4) is 0 Å². The maximum atomic E-state index is 13.5. The van der Waals surface area contributed by atoms with Gasteiger partial charge in [-0.25, -0.2) is 0 Å². The minimum atomic E-state index is -0.201. The van der Waals surface area contributed by atoms with Gasteiger partial charge < -0.3 is 21.3 Å². The predicted octanol–water partition coefficient (Wildman–Crippen LogP) is 6.37. The quantitative estimate of drug-likeness (QED) is 0.224. The number of hydrogen-bond acceptors (Lipinski definition) is 5. The Morgan fingerprint density at radius 2 is 1.81 bits per heavy atom. The number of fused-ring (bicyclic) bond motifs is 1. The van der Waals surface area contributed by atoms with Crippen molar-refractivity contribution in [2.45, 2.75) is 45.2 Å². The number of likely N-dealkylation sites (tertiary alicyclic amines) is 1. The Bertz CT molecular complexity index is 1580.